The molecule has 0 atom stereocenters. The molecule has 0 aliphatic heterocycles. The highest BCUT2D eigenvalue weighted by atomic mass is 79.9. The van der Waals surface area contributed by atoms with Crippen LogP contribution in [0.15, 0.2) is 51.8 Å². The molecule has 4 N–H and O–H groups in total. The Bertz CT molecular complexity index is 804. The van der Waals surface area contributed by atoms with Crippen LogP contribution in [0.5, 0.6) is 0 Å². The summed E-state index contributed by atoms with van der Waals surface area (Å²) in [7, 11) is -3.52. The number of hydrogen-bond donors (Lipinski definition) is 2. The topological polar surface area (TPSA) is 103 Å². The lowest BCUT2D eigenvalue weighted by Crippen LogP contribution is -2.12. The van der Waals surface area contributed by atoms with Gasteiger partial charge in [0.2, 0.25) is 5.91 Å². The fraction of sp³-hybridized carbons (Fsp3) is 0.0714. The van der Waals surface area contributed by atoms with Gasteiger partial charge in [0, 0.05) is 15.7 Å². The van der Waals surface area contributed by atoms with Crippen molar-refractivity contribution in [2.45, 2.75) is 10.6 Å². The number of nitrogens with two attached hydrogens (primary N) is 2. The molecule has 2 aromatic rings. The fourth-order valence-corrected chi connectivity index (χ4v) is 3.81. The number of anilines is 1. The maximum Gasteiger partial charge on any atom is 0.248 e. The van der Waals surface area contributed by atoms with Crippen LogP contribution in [-0.4, -0.2) is 14.3 Å². The number of sulfone groups is 1. The average molecular weight is 369 g/mol. The summed E-state index contributed by atoms with van der Waals surface area (Å²) in [6, 6.07) is 10.8. The molecular weight excluding hydrogens is 356 g/mol. The van der Waals surface area contributed by atoms with Gasteiger partial charge < -0.3 is 11.5 Å². The third-order valence-electron chi connectivity index (χ3n) is 2.93. The molecule has 5 nitrogen and oxygen atoms in total. The molecule has 2 rings (SSSR count). The Morgan fingerprint density at radius 1 is 1.14 bits per heavy atom. The summed E-state index contributed by atoms with van der Waals surface area (Å²) < 4.78 is 25.4. The van der Waals surface area contributed by atoms with Crippen molar-refractivity contribution >= 4 is 37.4 Å². The van der Waals surface area contributed by atoms with Gasteiger partial charge in [0.1, 0.15) is 0 Å². The molecule has 1 amide bonds. The predicted molar refractivity (Wildman–Crippen MR) is 84.4 cm³/mol. The third kappa shape index (κ3) is 3.62. The monoisotopic (exact) mass is 368 g/mol. The van der Waals surface area contributed by atoms with E-state index in [1.54, 1.807) is 12.1 Å². The SMILES string of the molecule is NC(=O)c1ccc(CS(=O)(=O)c2cccc(Br)c2)c(N)c1. The lowest BCUT2D eigenvalue weighted by Gasteiger charge is -2.09. The number of benzene rings is 2. The second-order valence-corrected chi connectivity index (χ2v) is 7.40. The maximum absolute atomic E-state index is 12.4. The molecule has 0 heterocycles. The zero-order valence-electron chi connectivity index (χ0n) is 10.9. The Balaban J connectivity index is 2.35. The molecule has 21 heavy (non-hydrogen) atoms. The van der Waals surface area contributed by atoms with E-state index >= 15 is 0 Å². The van der Waals surface area contributed by atoms with E-state index in [2.05, 4.69) is 15.9 Å². The number of amides is 1. The van der Waals surface area contributed by atoms with Crippen molar-refractivity contribution in [1.82, 2.24) is 0 Å². The number of nitrogen functional groups attached to an aromatic ring is 1. The van der Waals surface area contributed by atoms with Crippen LogP contribution in [0.25, 0.3) is 0 Å². The summed E-state index contributed by atoms with van der Waals surface area (Å²) in [5, 5.41) is 0. The molecule has 110 valence electrons. The van der Waals surface area contributed by atoms with E-state index in [1.165, 1.54) is 30.3 Å². The number of rotatable bonds is 4. The van der Waals surface area contributed by atoms with Gasteiger partial charge in [0.15, 0.2) is 9.84 Å². The molecule has 7 heteroatoms. The maximum atomic E-state index is 12.4. The van der Waals surface area contributed by atoms with Gasteiger partial charge in [-0.3, -0.25) is 4.79 Å². The highest BCUT2D eigenvalue weighted by Crippen LogP contribution is 2.23. The molecule has 0 saturated heterocycles. The molecule has 0 aliphatic rings. The van der Waals surface area contributed by atoms with Crippen molar-refractivity contribution in [1.29, 1.82) is 0 Å². The van der Waals surface area contributed by atoms with Crippen LogP contribution in [0.1, 0.15) is 15.9 Å². The van der Waals surface area contributed by atoms with E-state index in [4.69, 9.17) is 11.5 Å². The first kappa shape index (κ1) is 15.5. The minimum Gasteiger partial charge on any atom is -0.398 e. The Morgan fingerprint density at radius 3 is 2.43 bits per heavy atom. The zero-order chi connectivity index (χ0) is 15.6. The van der Waals surface area contributed by atoms with Gasteiger partial charge in [0.05, 0.1) is 10.6 Å². The Labute approximate surface area is 131 Å². The third-order valence-corrected chi connectivity index (χ3v) is 5.09. The van der Waals surface area contributed by atoms with Gasteiger partial charge in [-0.2, -0.15) is 0 Å². The summed E-state index contributed by atoms with van der Waals surface area (Å²) in [5.41, 5.74) is 11.8. The van der Waals surface area contributed by atoms with Crippen LogP contribution < -0.4 is 11.5 Å². The molecule has 0 bridgehead atoms. The molecule has 0 aliphatic carbocycles. The fourth-order valence-electron chi connectivity index (χ4n) is 1.83. The number of hydrogen-bond acceptors (Lipinski definition) is 4. The van der Waals surface area contributed by atoms with Crippen LogP contribution in [-0.2, 0) is 15.6 Å². The molecule has 0 aromatic heterocycles. The van der Waals surface area contributed by atoms with Crippen molar-refractivity contribution < 1.29 is 13.2 Å². The van der Waals surface area contributed by atoms with Gasteiger partial charge in [-0.05, 0) is 35.9 Å². The van der Waals surface area contributed by atoms with E-state index in [0.717, 1.165) is 0 Å². The number of carbonyl (C=O) groups is 1. The molecule has 0 radical (unpaired) electrons. The second kappa shape index (κ2) is 5.87. The number of halogens is 1. The molecule has 2 aromatic carbocycles. The van der Waals surface area contributed by atoms with Crippen LogP contribution >= 0.6 is 15.9 Å². The largest absolute Gasteiger partial charge is 0.398 e. The first-order valence-corrected chi connectivity index (χ1v) is 8.40. The summed E-state index contributed by atoms with van der Waals surface area (Å²) in [5.74, 6) is -0.850. The van der Waals surface area contributed by atoms with Crippen molar-refractivity contribution in [3.8, 4) is 0 Å². The lowest BCUT2D eigenvalue weighted by atomic mass is 10.1. The second-order valence-electron chi connectivity index (χ2n) is 4.49. The summed E-state index contributed by atoms with van der Waals surface area (Å²) in [6.45, 7) is 0. The summed E-state index contributed by atoms with van der Waals surface area (Å²) in [4.78, 5) is 11.3. The van der Waals surface area contributed by atoms with E-state index in [0.29, 0.717) is 10.0 Å². The zero-order valence-corrected chi connectivity index (χ0v) is 13.3. The van der Waals surface area contributed by atoms with Gasteiger partial charge in [0.25, 0.3) is 0 Å². The first-order valence-electron chi connectivity index (χ1n) is 5.96. The number of carbonyl (C=O) groups excluding carboxylic acids is 1. The van der Waals surface area contributed by atoms with Crippen LogP contribution in [0.3, 0.4) is 0 Å². The van der Waals surface area contributed by atoms with Gasteiger partial charge in [-0.1, -0.05) is 28.1 Å². The van der Waals surface area contributed by atoms with Crippen molar-refractivity contribution in [3.63, 3.8) is 0 Å². The van der Waals surface area contributed by atoms with E-state index < -0.39 is 15.7 Å². The lowest BCUT2D eigenvalue weighted by molar-refractivity contribution is 0.100. The average Bonchev–Trinajstić information content (AvgIpc) is 2.40. The van der Waals surface area contributed by atoms with Gasteiger partial charge in [-0.25, -0.2) is 8.42 Å². The Kier molecular flexibility index (Phi) is 4.34. The Morgan fingerprint density at radius 2 is 1.86 bits per heavy atom. The van der Waals surface area contributed by atoms with Crippen molar-refractivity contribution in [3.05, 3.63) is 58.1 Å². The smallest absolute Gasteiger partial charge is 0.248 e. The molecule has 0 spiro atoms. The summed E-state index contributed by atoms with van der Waals surface area (Å²) >= 11 is 3.24. The van der Waals surface area contributed by atoms with E-state index in [-0.39, 0.29) is 21.9 Å². The van der Waals surface area contributed by atoms with Crippen LogP contribution in [0, 0.1) is 0 Å². The molecule has 0 saturated carbocycles. The van der Waals surface area contributed by atoms with E-state index in [1.807, 2.05) is 0 Å². The standard InChI is InChI=1S/C14H13BrN2O3S/c15-11-2-1-3-12(7-11)21(19,20)8-10-5-4-9(14(17)18)6-13(10)16/h1-7H,8,16H2,(H2,17,18). The van der Waals surface area contributed by atoms with Crippen LogP contribution in [0.4, 0.5) is 5.69 Å². The Hall–Kier alpha value is -1.86. The van der Waals surface area contributed by atoms with Crippen molar-refractivity contribution in [2.75, 3.05) is 5.73 Å². The normalized spacial score (nSPS) is 11.3. The number of primary amides is 1. The summed E-state index contributed by atoms with van der Waals surface area (Å²) in [6.07, 6.45) is 0. The van der Waals surface area contributed by atoms with Gasteiger partial charge in [-0.15, -0.1) is 0 Å². The quantitative estimate of drug-likeness (QED) is 0.806. The van der Waals surface area contributed by atoms with Crippen molar-refractivity contribution in [2.24, 2.45) is 5.73 Å². The van der Waals surface area contributed by atoms with Gasteiger partial charge >= 0.3 is 0 Å². The minimum atomic E-state index is -3.52. The minimum absolute atomic E-state index is 0.204. The first-order chi connectivity index (χ1) is 9.79. The molecule has 0 unspecified atom stereocenters. The predicted octanol–water partition coefficient (Wildman–Crippen LogP) is 2.10. The highest BCUT2D eigenvalue weighted by Gasteiger charge is 2.17. The molecular formula is C14H13BrN2O3S. The highest BCUT2D eigenvalue weighted by molar-refractivity contribution is 9.10. The molecule has 0 fully saturated rings. The van der Waals surface area contributed by atoms with E-state index in [9.17, 15) is 13.2 Å². The van der Waals surface area contributed by atoms with Crippen LogP contribution in [0.2, 0.25) is 0 Å².